The molecule has 154 valence electrons. The van der Waals surface area contributed by atoms with Gasteiger partial charge in [0.15, 0.2) is 5.54 Å². The molecule has 29 heavy (non-hydrogen) atoms. The molecule has 10 heteroatoms. The van der Waals surface area contributed by atoms with E-state index in [0.717, 1.165) is 19.1 Å². The Morgan fingerprint density at radius 3 is 2.03 bits per heavy atom. The van der Waals surface area contributed by atoms with Gasteiger partial charge in [-0.25, -0.2) is 8.42 Å². The lowest BCUT2D eigenvalue weighted by Gasteiger charge is -2.41. The first-order chi connectivity index (χ1) is 13.5. The number of carboxylic acid groups (broad SMARTS) is 2. The van der Waals surface area contributed by atoms with Gasteiger partial charge in [0.25, 0.3) is 0 Å². The van der Waals surface area contributed by atoms with Crippen molar-refractivity contribution in [2.75, 3.05) is 6.54 Å². The maximum Gasteiger partial charge on any atom is 0.326 e. The lowest BCUT2D eigenvalue weighted by Crippen LogP contribution is -2.63. The molecular formula is C19H17Cl2NO6S. The molecule has 2 unspecified atom stereocenters. The molecule has 1 aliphatic rings. The molecule has 0 saturated carbocycles. The molecule has 7 nitrogen and oxygen atoms in total. The van der Waals surface area contributed by atoms with Crippen molar-refractivity contribution in [3.63, 3.8) is 0 Å². The number of rotatable bonds is 5. The van der Waals surface area contributed by atoms with E-state index < -0.39 is 32.9 Å². The largest absolute Gasteiger partial charge is 0.481 e. The summed E-state index contributed by atoms with van der Waals surface area (Å²) in [5, 5.41) is 20.3. The van der Waals surface area contributed by atoms with E-state index in [1.54, 1.807) is 18.2 Å². The SMILES string of the molecule is CC1(C(=O)O)N(S(=O)(=O)c2cc(Cl)cc(Cl)c2)CCC1(C(=O)O)c1ccccc1. The quantitative estimate of drug-likeness (QED) is 0.712. The number of carboxylic acids is 2. The van der Waals surface area contributed by atoms with Crippen molar-refractivity contribution in [3.05, 3.63) is 64.1 Å². The molecule has 0 spiro atoms. The van der Waals surface area contributed by atoms with Gasteiger partial charge in [0.1, 0.15) is 5.41 Å². The summed E-state index contributed by atoms with van der Waals surface area (Å²) in [6.07, 6.45) is -0.220. The zero-order valence-electron chi connectivity index (χ0n) is 15.2. The first kappa shape index (κ1) is 21.6. The second-order valence-corrected chi connectivity index (χ2v) is 9.62. The smallest absolute Gasteiger partial charge is 0.326 e. The molecule has 2 aromatic carbocycles. The zero-order chi connectivity index (χ0) is 21.6. The van der Waals surface area contributed by atoms with E-state index >= 15 is 0 Å². The number of hydrogen-bond acceptors (Lipinski definition) is 4. The molecule has 1 saturated heterocycles. The van der Waals surface area contributed by atoms with Crippen molar-refractivity contribution in [2.24, 2.45) is 0 Å². The van der Waals surface area contributed by atoms with Crippen LogP contribution < -0.4 is 0 Å². The third kappa shape index (κ3) is 3.11. The van der Waals surface area contributed by atoms with E-state index in [2.05, 4.69) is 0 Å². The first-order valence-electron chi connectivity index (χ1n) is 8.49. The van der Waals surface area contributed by atoms with Crippen LogP contribution in [0.1, 0.15) is 18.9 Å². The molecule has 2 atom stereocenters. The van der Waals surface area contributed by atoms with E-state index in [-0.39, 0.29) is 33.5 Å². The molecule has 1 heterocycles. The molecule has 0 amide bonds. The highest BCUT2D eigenvalue weighted by Gasteiger charge is 2.69. The maximum atomic E-state index is 13.4. The van der Waals surface area contributed by atoms with Gasteiger partial charge < -0.3 is 10.2 Å². The molecule has 0 radical (unpaired) electrons. The van der Waals surface area contributed by atoms with Gasteiger partial charge >= 0.3 is 11.9 Å². The van der Waals surface area contributed by atoms with Gasteiger partial charge in [-0.3, -0.25) is 9.59 Å². The third-order valence-electron chi connectivity index (χ3n) is 5.49. The molecule has 1 fully saturated rings. The topological polar surface area (TPSA) is 112 Å². The highest BCUT2D eigenvalue weighted by Crippen LogP contribution is 2.50. The van der Waals surface area contributed by atoms with Crippen LogP contribution in [0.5, 0.6) is 0 Å². The Balaban J connectivity index is 2.27. The fourth-order valence-corrected chi connectivity index (χ4v) is 6.50. The van der Waals surface area contributed by atoms with Crippen LogP contribution in [0.15, 0.2) is 53.4 Å². The van der Waals surface area contributed by atoms with Gasteiger partial charge in [-0.2, -0.15) is 4.31 Å². The number of carbonyl (C=O) groups is 2. The summed E-state index contributed by atoms with van der Waals surface area (Å²) in [5.74, 6) is -2.99. The Kier molecular flexibility index (Phi) is 5.42. The highest BCUT2D eigenvalue weighted by atomic mass is 35.5. The summed E-state index contributed by atoms with van der Waals surface area (Å²) in [7, 11) is -4.43. The third-order valence-corrected chi connectivity index (χ3v) is 7.89. The van der Waals surface area contributed by atoms with Gasteiger partial charge in [-0.05, 0) is 37.1 Å². The van der Waals surface area contributed by atoms with Crippen LogP contribution >= 0.6 is 23.2 Å². The van der Waals surface area contributed by atoms with E-state index in [0.29, 0.717) is 4.31 Å². The van der Waals surface area contributed by atoms with Crippen molar-refractivity contribution in [2.45, 2.75) is 29.2 Å². The van der Waals surface area contributed by atoms with Gasteiger partial charge in [0.05, 0.1) is 4.90 Å². The molecule has 0 aliphatic carbocycles. The predicted molar refractivity (Wildman–Crippen MR) is 107 cm³/mol. The monoisotopic (exact) mass is 457 g/mol. The summed E-state index contributed by atoms with van der Waals surface area (Å²) in [6, 6.07) is 11.4. The predicted octanol–water partition coefficient (Wildman–Crippen LogP) is 3.25. The van der Waals surface area contributed by atoms with E-state index in [1.807, 2.05) is 0 Å². The Morgan fingerprint density at radius 2 is 1.55 bits per heavy atom. The minimum Gasteiger partial charge on any atom is -0.481 e. The summed E-state index contributed by atoms with van der Waals surface area (Å²) < 4.78 is 27.4. The average molecular weight is 458 g/mol. The van der Waals surface area contributed by atoms with Gasteiger partial charge in [0, 0.05) is 16.6 Å². The summed E-state index contributed by atoms with van der Waals surface area (Å²) in [6.45, 7) is 0.809. The van der Waals surface area contributed by atoms with Gasteiger partial charge in [-0.15, -0.1) is 0 Å². The van der Waals surface area contributed by atoms with E-state index in [4.69, 9.17) is 23.2 Å². The fourth-order valence-electron chi connectivity index (χ4n) is 3.99. The van der Waals surface area contributed by atoms with E-state index in [1.165, 1.54) is 18.2 Å². The molecular weight excluding hydrogens is 441 g/mol. The second-order valence-electron chi connectivity index (χ2n) is 6.89. The van der Waals surface area contributed by atoms with Crippen LogP contribution in [0.2, 0.25) is 10.0 Å². The lowest BCUT2D eigenvalue weighted by atomic mass is 9.66. The summed E-state index contributed by atoms with van der Waals surface area (Å²) in [5.41, 5.74) is -4.08. The molecule has 1 aliphatic heterocycles. The van der Waals surface area contributed by atoms with Crippen LogP contribution in [0, 0.1) is 0 Å². The number of sulfonamides is 1. The van der Waals surface area contributed by atoms with Crippen molar-refractivity contribution in [1.29, 1.82) is 0 Å². The average Bonchev–Trinajstić information content (AvgIpc) is 2.98. The Morgan fingerprint density at radius 1 is 1.00 bits per heavy atom. The number of nitrogens with zero attached hydrogens (tertiary/aromatic N) is 1. The van der Waals surface area contributed by atoms with E-state index in [9.17, 15) is 28.2 Å². The number of halogens is 2. The molecule has 2 N–H and O–H groups in total. The highest BCUT2D eigenvalue weighted by molar-refractivity contribution is 7.89. The maximum absolute atomic E-state index is 13.4. The van der Waals surface area contributed by atoms with Crippen LogP contribution in [0.4, 0.5) is 0 Å². The number of hydrogen-bond donors (Lipinski definition) is 2. The minimum atomic E-state index is -4.43. The Labute approximate surface area is 177 Å². The van der Waals surface area contributed by atoms with Crippen molar-refractivity contribution >= 4 is 45.2 Å². The summed E-state index contributed by atoms with van der Waals surface area (Å²) in [4.78, 5) is 24.5. The van der Waals surface area contributed by atoms with Crippen LogP contribution in [-0.4, -0.2) is 47.0 Å². The Bertz CT molecular complexity index is 1070. The molecule has 3 rings (SSSR count). The molecule has 0 aromatic heterocycles. The van der Waals surface area contributed by atoms with Gasteiger partial charge in [-0.1, -0.05) is 53.5 Å². The normalized spacial score (nSPS) is 25.1. The minimum absolute atomic E-state index is 0.0554. The standard InChI is InChI=1S/C19H17Cl2NO6S/c1-18(16(23)24)19(17(25)26,12-5-3-2-4-6-12)7-8-22(18)29(27,28)15-10-13(20)9-14(21)11-15/h2-6,9-11H,7-8H2,1H3,(H,23,24)(H,25,26). The number of aliphatic carboxylic acids is 2. The summed E-state index contributed by atoms with van der Waals surface area (Å²) >= 11 is 11.8. The van der Waals surface area contributed by atoms with Crippen molar-refractivity contribution in [1.82, 2.24) is 4.31 Å². The van der Waals surface area contributed by atoms with Crippen LogP contribution in [0.25, 0.3) is 0 Å². The number of benzene rings is 2. The van der Waals surface area contributed by atoms with Crippen molar-refractivity contribution < 1.29 is 28.2 Å². The van der Waals surface area contributed by atoms with Crippen LogP contribution in [-0.2, 0) is 25.0 Å². The molecule has 2 aromatic rings. The zero-order valence-corrected chi connectivity index (χ0v) is 17.5. The lowest BCUT2D eigenvalue weighted by molar-refractivity contribution is -0.159. The first-order valence-corrected chi connectivity index (χ1v) is 10.7. The molecule has 0 bridgehead atoms. The van der Waals surface area contributed by atoms with Gasteiger partial charge in [0.2, 0.25) is 10.0 Å². The van der Waals surface area contributed by atoms with Crippen LogP contribution in [0.3, 0.4) is 0 Å². The van der Waals surface area contributed by atoms with Crippen molar-refractivity contribution in [3.8, 4) is 0 Å². The fraction of sp³-hybridized carbons (Fsp3) is 0.263. The Hall–Kier alpha value is -2.13. The second kappa shape index (κ2) is 7.28.